The van der Waals surface area contributed by atoms with Gasteiger partial charge in [-0.2, -0.15) is 13.2 Å². The summed E-state index contributed by atoms with van der Waals surface area (Å²) in [5.74, 6) is 0.228. The lowest BCUT2D eigenvalue weighted by molar-refractivity contribution is -0.137. The Morgan fingerprint density at radius 1 is 1.21 bits per heavy atom. The van der Waals surface area contributed by atoms with Crippen LogP contribution in [-0.2, 0) is 11.0 Å². The third-order valence-electron chi connectivity index (χ3n) is 4.97. The van der Waals surface area contributed by atoms with Crippen LogP contribution in [0.15, 0.2) is 30.5 Å². The molecular weight excluding hydrogens is 393 g/mol. The number of hydrogen-bond acceptors (Lipinski definition) is 5. The zero-order valence-corrected chi connectivity index (χ0v) is 15.7. The van der Waals surface area contributed by atoms with Gasteiger partial charge in [-0.1, -0.05) is 6.07 Å². The van der Waals surface area contributed by atoms with Crippen molar-refractivity contribution >= 4 is 22.9 Å². The largest absolute Gasteiger partial charge is 0.439 e. The SMILES string of the molecule is Cc1cc(Oc2ncc(C(F)(F)F)cc2C)ccc1[C@H]1CC12SC(=O)NC2=O. The van der Waals surface area contributed by atoms with E-state index in [1.165, 1.54) is 6.92 Å². The summed E-state index contributed by atoms with van der Waals surface area (Å²) < 4.78 is 43.2. The van der Waals surface area contributed by atoms with Crippen LogP contribution in [0.5, 0.6) is 11.6 Å². The summed E-state index contributed by atoms with van der Waals surface area (Å²) in [4.78, 5) is 27.3. The average Bonchev–Trinajstić information content (AvgIpc) is 3.22. The Labute approximate surface area is 162 Å². The highest BCUT2D eigenvalue weighted by molar-refractivity contribution is 8.16. The Morgan fingerprint density at radius 3 is 2.54 bits per heavy atom. The van der Waals surface area contributed by atoms with E-state index in [2.05, 4.69) is 10.3 Å². The topological polar surface area (TPSA) is 68.3 Å². The fourth-order valence-corrected chi connectivity index (χ4v) is 4.58. The molecule has 2 atom stereocenters. The Hall–Kier alpha value is -2.55. The van der Waals surface area contributed by atoms with Gasteiger partial charge in [0.1, 0.15) is 10.5 Å². The number of benzene rings is 1. The highest BCUT2D eigenvalue weighted by Gasteiger charge is 2.66. The Bertz CT molecular complexity index is 1010. The first-order valence-corrected chi connectivity index (χ1v) is 9.28. The van der Waals surface area contributed by atoms with Crippen molar-refractivity contribution in [3.8, 4) is 11.6 Å². The molecule has 0 radical (unpaired) electrons. The van der Waals surface area contributed by atoms with Crippen LogP contribution >= 0.6 is 11.8 Å². The Kier molecular flexibility index (Phi) is 4.18. The van der Waals surface area contributed by atoms with E-state index in [1.54, 1.807) is 12.1 Å². The monoisotopic (exact) mass is 408 g/mol. The number of alkyl halides is 3. The molecule has 1 aromatic carbocycles. The lowest BCUT2D eigenvalue weighted by atomic mass is 10.0. The maximum atomic E-state index is 12.8. The highest BCUT2D eigenvalue weighted by atomic mass is 32.2. The van der Waals surface area contributed by atoms with Gasteiger partial charge in [-0.05, 0) is 61.4 Å². The molecule has 1 unspecified atom stereocenters. The van der Waals surface area contributed by atoms with Crippen LogP contribution in [0.4, 0.5) is 18.0 Å². The van der Waals surface area contributed by atoms with E-state index < -0.39 is 16.5 Å². The van der Waals surface area contributed by atoms with Crippen molar-refractivity contribution in [1.29, 1.82) is 0 Å². The molecule has 2 heterocycles. The van der Waals surface area contributed by atoms with Gasteiger partial charge in [0.05, 0.1) is 5.56 Å². The minimum absolute atomic E-state index is 0.0519. The number of rotatable bonds is 3. The second kappa shape index (κ2) is 6.23. The molecule has 1 aliphatic heterocycles. The van der Waals surface area contributed by atoms with E-state index in [1.807, 2.05) is 13.0 Å². The summed E-state index contributed by atoms with van der Waals surface area (Å²) in [7, 11) is 0. The predicted octanol–water partition coefficient (Wildman–Crippen LogP) is 4.72. The molecule has 4 rings (SSSR count). The van der Waals surface area contributed by atoms with E-state index >= 15 is 0 Å². The summed E-state index contributed by atoms with van der Waals surface area (Å²) in [5.41, 5.74) is 1.26. The smallest absolute Gasteiger partial charge is 0.417 e. The standard InChI is InChI=1S/C19H15F3N2O3S/c1-9-6-12(27-15-10(2)5-11(8-23-15)19(20,21)22)3-4-13(9)14-7-18(14)16(25)24-17(26)28-18/h3-6,8,14H,7H2,1-2H3,(H,24,25,26)/t14-,18?/m1/s1. The molecule has 2 aromatic rings. The number of pyridine rings is 1. The van der Waals surface area contributed by atoms with Crippen LogP contribution in [0.1, 0.15) is 34.6 Å². The first kappa shape index (κ1) is 18.8. The van der Waals surface area contributed by atoms with Gasteiger partial charge in [0, 0.05) is 17.7 Å². The lowest BCUT2D eigenvalue weighted by Crippen LogP contribution is -2.26. The summed E-state index contributed by atoms with van der Waals surface area (Å²) in [6, 6.07) is 6.25. The van der Waals surface area contributed by atoms with E-state index in [4.69, 9.17) is 4.74 Å². The van der Waals surface area contributed by atoms with Crippen LogP contribution in [-0.4, -0.2) is 20.9 Å². The van der Waals surface area contributed by atoms with Gasteiger partial charge in [-0.15, -0.1) is 0 Å². The third kappa shape index (κ3) is 3.13. The number of hydrogen-bond donors (Lipinski definition) is 1. The predicted molar refractivity (Wildman–Crippen MR) is 96.4 cm³/mol. The van der Waals surface area contributed by atoms with Crippen LogP contribution in [0, 0.1) is 13.8 Å². The number of nitrogens with zero attached hydrogens (tertiary/aromatic N) is 1. The zero-order chi connectivity index (χ0) is 20.3. The van der Waals surface area contributed by atoms with Gasteiger partial charge >= 0.3 is 6.18 Å². The zero-order valence-electron chi connectivity index (χ0n) is 14.9. The second-order valence-electron chi connectivity index (χ2n) is 6.95. The van der Waals surface area contributed by atoms with Gasteiger partial charge in [-0.25, -0.2) is 4.98 Å². The molecule has 1 aromatic heterocycles. The van der Waals surface area contributed by atoms with Crippen LogP contribution in [0.3, 0.4) is 0 Å². The Morgan fingerprint density at radius 2 is 1.96 bits per heavy atom. The molecule has 5 nitrogen and oxygen atoms in total. The molecule has 1 N–H and O–H groups in total. The van der Waals surface area contributed by atoms with Crippen molar-refractivity contribution in [2.45, 2.75) is 37.1 Å². The van der Waals surface area contributed by atoms with Crippen molar-refractivity contribution in [1.82, 2.24) is 10.3 Å². The molecule has 2 fully saturated rings. The van der Waals surface area contributed by atoms with Crippen LogP contribution in [0.2, 0.25) is 0 Å². The number of ether oxygens (including phenoxy) is 1. The van der Waals surface area contributed by atoms with Gasteiger partial charge in [0.2, 0.25) is 11.8 Å². The number of carbonyl (C=O) groups excluding carboxylic acids is 2. The van der Waals surface area contributed by atoms with Crippen molar-refractivity contribution in [3.63, 3.8) is 0 Å². The van der Waals surface area contributed by atoms with Gasteiger partial charge < -0.3 is 4.74 Å². The quantitative estimate of drug-likeness (QED) is 0.796. The average molecular weight is 408 g/mol. The molecule has 1 aliphatic carbocycles. The minimum Gasteiger partial charge on any atom is -0.439 e. The summed E-state index contributed by atoms with van der Waals surface area (Å²) in [6.45, 7) is 3.36. The molecule has 1 spiro atoms. The number of carbonyl (C=O) groups is 2. The first-order valence-electron chi connectivity index (χ1n) is 8.47. The molecule has 1 saturated heterocycles. The molecule has 2 amide bonds. The van der Waals surface area contributed by atoms with Gasteiger partial charge in [-0.3, -0.25) is 14.9 Å². The number of thioether (sulfide) groups is 1. The van der Waals surface area contributed by atoms with Crippen LogP contribution in [0.25, 0.3) is 0 Å². The summed E-state index contributed by atoms with van der Waals surface area (Å²) in [6.07, 6.45) is -3.12. The number of amides is 2. The van der Waals surface area contributed by atoms with E-state index in [9.17, 15) is 22.8 Å². The molecule has 2 aliphatic rings. The maximum absolute atomic E-state index is 12.8. The Balaban J connectivity index is 1.53. The van der Waals surface area contributed by atoms with Crippen molar-refractivity contribution in [2.24, 2.45) is 0 Å². The van der Waals surface area contributed by atoms with E-state index in [-0.39, 0.29) is 28.5 Å². The normalized spacial score (nSPS) is 23.8. The molecular formula is C19H15F3N2O3S. The molecule has 146 valence electrons. The molecule has 9 heteroatoms. The summed E-state index contributed by atoms with van der Waals surface area (Å²) in [5, 5.41) is 2.00. The molecule has 28 heavy (non-hydrogen) atoms. The first-order chi connectivity index (χ1) is 13.1. The minimum atomic E-state index is -4.46. The summed E-state index contributed by atoms with van der Waals surface area (Å²) >= 11 is 1.03. The second-order valence-corrected chi connectivity index (χ2v) is 8.26. The third-order valence-corrected chi connectivity index (χ3v) is 6.26. The maximum Gasteiger partial charge on any atom is 0.417 e. The van der Waals surface area contributed by atoms with E-state index in [0.717, 1.165) is 35.2 Å². The number of halogens is 3. The number of aromatic nitrogens is 1. The fourth-order valence-electron chi connectivity index (χ4n) is 3.44. The van der Waals surface area contributed by atoms with Gasteiger partial charge in [0.15, 0.2) is 0 Å². The number of aryl methyl sites for hydroxylation is 2. The molecule has 1 saturated carbocycles. The number of imide groups is 1. The van der Waals surface area contributed by atoms with Crippen LogP contribution < -0.4 is 10.1 Å². The lowest BCUT2D eigenvalue weighted by Gasteiger charge is -2.13. The van der Waals surface area contributed by atoms with Crippen molar-refractivity contribution in [2.75, 3.05) is 0 Å². The fraction of sp³-hybridized carbons (Fsp3) is 0.316. The molecule has 0 bridgehead atoms. The van der Waals surface area contributed by atoms with E-state index in [0.29, 0.717) is 12.2 Å². The van der Waals surface area contributed by atoms with Crippen molar-refractivity contribution in [3.05, 3.63) is 52.7 Å². The number of nitrogens with one attached hydrogen (secondary N) is 1. The van der Waals surface area contributed by atoms with Gasteiger partial charge in [0.25, 0.3) is 5.24 Å². The highest BCUT2D eigenvalue weighted by Crippen LogP contribution is 2.63. The van der Waals surface area contributed by atoms with Crippen molar-refractivity contribution < 1.29 is 27.5 Å².